The third-order valence-corrected chi connectivity index (χ3v) is 4.52. The van der Waals surface area contributed by atoms with E-state index >= 15 is 0 Å². The second kappa shape index (κ2) is 7.49. The van der Waals surface area contributed by atoms with Gasteiger partial charge in [0.15, 0.2) is 17.6 Å². The highest BCUT2D eigenvalue weighted by Crippen LogP contribution is 2.40. The summed E-state index contributed by atoms with van der Waals surface area (Å²) in [6.07, 6.45) is -5.92. The van der Waals surface area contributed by atoms with Crippen molar-refractivity contribution in [2.24, 2.45) is 0 Å². The second-order valence-corrected chi connectivity index (χ2v) is 7.54. The molecule has 164 valence electrons. The van der Waals surface area contributed by atoms with Gasteiger partial charge in [-0.3, -0.25) is 9.78 Å². The second-order valence-electron chi connectivity index (χ2n) is 7.54. The van der Waals surface area contributed by atoms with E-state index in [2.05, 4.69) is 20.4 Å². The number of halogens is 4. The molecule has 0 aromatic carbocycles. The van der Waals surface area contributed by atoms with Crippen molar-refractivity contribution in [2.45, 2.75) is 51.2 Å². The molecular formula is C18H20F4N4O4. The number of aromatic nitrogens is 3. The number of rotatable bonds is 6. The summed E-state index contributed by atoms with van der Waals surface area (Å²) in [6.45, 7) is 4.89. The minimum absolute atomic E-state index is 0.196. The molecule has 30 heavy (non-hydrogen) atoms. The number of hydrogen-bond acceptors (Lipinski definition) is 7. The van der Waals surface area contributed by atoms with E-state index in [0.29, 0.717) is 5.89 Å². The van der Waals surface area contributed by atoms with Crippen LogP contribution in [0.25, 0.3) is 0 Å². The molecule has 8 nitrogen and oxygen atoms in total. The maximum Gasteiger partial charge on any atom is 0.425 e. The molecular weight excluding hydrogens is 412 g/mol. The van der Waals surface area contributed by atoms with Gasteiger partial charge in [-0.25, -0.2) is 4.39 Å². The number of carbonyl (C=O) groups is 1. The van der Waals surface area contributed by atoms with Gasteiger partial charge in [0.1, 0.15) is 11.4 Å². The number of pyridine rings is 1. The first-order valence-electron chi connectivity index (χ1n) is 8.96. The van der Waals surface area contributed by atoms with Gasteiger partial charge in [0.25, 0.3) is 5.91 Å². The molecule has 1 amide bonds. The lowest BCUT2D eigenvalue weighted by Crippen LogP contribution is -2.44. The first-order valence-corrected chi connectivity index (χ1v) is 8.96. The quantitative estimate of drug-likeness (QED) is 0.701. The lowest BCUT2D eigenvalue weighted by Gasteiger charge is -2.35. The fraction of sp³-hybridized carbons (Fsp3) is 0.556. The van der Waals surface area contributed by atoms with Crippen LogP contribution in [0.4, 0.5) is 17.6 Å². The van der Waals surface area contributed by atoms with E-state index in [-0.39, 0.29) is 30.3 Å². The van der Waals surface area contributed by atoms with Crippen molar-refractivity contribution < 1.29 is 36.4 Å². The molecule has 1 atom stereocenters. The number of hydrogen-bond donors (Lipinski definition) is 1. The van der Waals surface area contributed by atoms with Crippen molar-refractivity contribution in [3.05, 3.63) is 35.2 Å². The predicted octanol–water partition coefficient (Wildman–Crippen LogP) is 2.96. The molecule has 12 heteroatoms. The Labute approximate surface area is 169 Å². The van der Waals surface area contributed by atoms with Crippen LogP contribution in [0.3, 0.4) is 0 Å². The fourth-order valence-electron chi connectivity index (χ4n) is 2.65. The zero-order chi connectivity index (χ0) is 22.3. The molecule has 0 saturated carbocycles. The molecule has 2 aromatic rings. The third-order valence-electron chi connectivity index (χ3n) is 4.52. The minimum atomic E-state index is -4.68. The summed E-state index contributed by atoms with van der Waals surface area (Å²) >= 11 is 0. The molecule has 0 radical (unpaired) electrons. The van der Waals surface area contributed by atoms with Gasteiger partial charge in [0.2, 0.25) is 5.89 Å². The standard InChI is InChI=1S/C18H20F4N4O4/c1-9(18(20,21)22)29-13-5-12(23-6-11(13)17(19)7-28-8-17)14(27)25-16(3,4)15-24-10(2)30-26-15/h5-6,9H,7-8H2,1-4H3,(H,25,27)/t9-/m0/s1. The van der Waals surface area contributed by atoms with Crippen molar-refractivity contribution >= 4 is 5.91 Å². The van der Waals surface area contributed by atoms with Crippen molar-refractivity contribution in [3.63, 3.8) is 0 Å². The Morgan fingerprint density at radius 1 is 1.33 bits per heavy atom. The number of alkyl halides is 4. The highest BCUT2D eigenvalue weighted by atomic mass is 19.4. The van der Waals surface area contributed by atoms with E-state index in [1.807, 2.05) is 0 Å². The molecule has 3 heterocycles. The molecule has 1 N–H and O–H groups in total. The van der Waals surface area contributed by atoms with Crippen LogP contribution in [0.5, 0.6) is 5.75 Å². The van der Waals surface area contributed by atoms with E-state index in [4.69, 9.17) is 14.0 Å². The maximum atomic E-state index is 14.8. The number of carbonyl (C=O) groups excluding carboxylic acids is 1. The van der Waals surface area contributed by atoms with Crippen LogP contribution in [-0.2, 0) is 15.9 Å². The van der Waals surface area contributed by atoms with E-state index in [0.717, 1.165) is 19.2 Å². The average Bonchev–Trinajstić information content (AvgIpc) is 3.06. The molecule has 1 aliphatic heterocycles. The Bertz CT molecular complexity index is 941. The Morgan fingerprint density at radius 2 is 2.00 bits per heavy atom. The van der Waals surface area contributed by atoms with Gasteiger partial charge in [0, 0.05) is 19.2 Å². The summed E-state index contributed by atoms with van der Waals surface area (Å²) in [5.74, 6) is -0.681. The van der Waals surface area contributed by atoms with Crippen LogP contribution in [0.15, 0.2) is 16.8 Å². The summed E-state index contributed by atoms with van der Waals surface area (Å²) in [7, 11) is 0. The molecule has 1 fully saturated rings. The fourth-order valence-corrected chi connectivity index (χ4v) is 2.65. The number of ether oxygens (including phenoxy) is 2. The normalized spacial score (nSPS) is 17.2. The van der Waals surface area contributed by atoms with Crippen molar-refractivity contribution in [1.82, 2.24) is 20.4 Å². The van der Waals surface area contributed by atoms with Gasteiger partial charge in [0.05, 0.1) is 24.3 Å². The lowest BCUT2D eigenvalue weighted by molar-refractivity contribution is -0.190. The van der Waals surface area contributed by atoms with Gasteiger partial charge in [-0.2, -0.15) is 18.2 Å². The molecule has 0 unspecified atom stereocenters. The van der Waals surface area contributed by atoms with Gasteiger partial charge < -0.3 is 19.3 Å². The van der Waals surface area contributed by atoms with Crippen LogP contribution < -0.4 is 10.1 Å². The molecule has 3 rings (SSSR count). The largest absolute Gasteiger partial charge is 0.481 e. The molecule has 1 aliphatic rings. The first kappa shape index (κ1) is 21.9. The zero-order valence-corrected chi connectivity index (χ0v) is 16.6. The molecule has 0 aliphatic carbocycles. The monoisotopic (exact) mass is 432 g/mol. The summed E-state index contributed by atoms with van der Waals surface area (Å²) in [5.41, 5.74) is -3.59. The van der Waals surface area contributed by atoms with Gasteiger partial charge in [-0.05, 0) is 20.8 Å². The SMILES string of the molecule is Cc1nc(C(C)(C)NC(=O)c2cc(O[C@@H](C)C(F)(F)F)c(C3(F)COC3)cn2)no1. The number of nitrogens with one attached hydrogen (secondary N) is 1. The van der Waals surface area contributed by atoms with Crippen molar-refractivity contribution in [1.29, 1.82) is 0 Å². The summed E-state index contributed by atoms with van der Waals surface area (Å²) < 4.78 is 68.4. The topological polar surface area (TPSA) is 99.4 Å². The van der Waals surface area contributed by atoms with Crippen molar-refractivity contribution in [2.75, 3.05) is 13.2 Å². The Morgan fingerprint density at radius 3 is 2.50 bits per heavy atom. The molecule has 0 bridgehead atoms. The Hall–Kier alpha value is -2.76. The van der Waals surface area contributed by atoms with Crippen LogP contribution in [-0.4, -0.2) is 46.5 Å². The molecule has 1 saturated heterocycles. The van der Waals surface area contributed by atoms with Gasteiger partial charge in [-0.1, -0.05) is 5.16 Å². The predicted molar refractivity (Wildman–Crippen MR) is 93.5 cm³/mol. The van der Waals surface area contributed by atoms with E-state index in [9.17, 15) is 22.4 Å². The van der Waals surface area contributed by atoms with Gasteiger partial charge >= 0.3 is 6.18 Å². The van der Waals surface area contributed by atoms with E-state index in [1.54, 1.807) is 20.8 Å². The summed E-state index contributed by atoms with van der Waals surface area (Å²) in [5, 5.41) is 6.37. The molecule has 0 spiro atoms. The van der Waals surface area contributed by atoms with Crippen LogP contribution in [0.2, 0.25) is 0 Å². The van der Waals surface area contributed by atoms with Crippen LogP contribution in [0, 0.1) is 6.92 Å². The first-order chi connectivity index (χ1) is 13.8. The number of nitrogens with zero attached hydrogens (tertiary/aromatic N) is 3. The summed E-state index contributed by atoms with van der Waals surface area (Å²) in [4.78, 5) is 20.6. The highest BCUT2D eigenvalue weighted by molar-refractivity contribution is 5.93. The Balaban J connectivity index is 1.89. The average molecular weight is 432 g/mol. The minimum Gasteiger partial charge on any atom is -0.481 e. The van der Waals surface area contributed by atoms with Gasteiger partial charge in [-0.15, -0.1) is 0 Å². The van der Waals surface area contributed by atoms with Crippen LogP contribution in [0.1, 0.15) is 48.5 Å². The molecule has 2 aromatic heterocycles. The highest BCUT2D eigenvalue weighted by Gasteiger charge is 2.45. The lowest BCUT2D eigenvalue weighted by atomic mass is 9.94. The maximum absolute atomic E-state index is 14.8. The summed E-state index contributed by atoms with van der Waals surface area (Å²) in [6, 6.07) is 0.976. The Kier molecular flexibility index (Phi) is 5.48. The zero-order valence-electron chi connectivity index (χ0n) is 16.6. The third kappa shape index (κ3) is 4.37. The number of aryl methyl sites for hydroxylation is 1. The van der Waals surface area contributed by atoms with Crippen LogP contribution >= 0.6 is 0 Å². The number of amides is 1. The van der Waals surface area contributed by atoms with E-state index < -0.39 is 35.1 Å². The van der Waals surface area contributed by atoms with Crippen molar-refractivity contribution in [3.8, 4) is 5.75 Å². The van der Waals surface area contributed by atoms with E-state index in [1.165, 1.54) is 0 Å². The smallest absolute Gasteiger partial charge is 0.425 e.